The summed E-state index contributed by atoms with van der Waals surface area (Å²) >= 11 is 0. The van der Waals surface area contributed by atoms with Crippen molar-refractivity contribution in [1.82, 2.24) is 0 Å². The molecular weight excluding hydrogens is 196 g/mol. The molecule has 1 rings (SSSR count). The minimum Gasteiger partial charge on any atom is -0.490 e. The Kier molecular flexibility index (Phi) is 2.64. The fourth-order valence-electron chi connectivity index (χ4n) is 1.11. The molecule has 0 amide bonds. The van der Waals surface area contributed by atoms with Crippen LogP contribution < -0.4 is 4.74 Å². The summed E-state index contributed by atoms with van der Waals surface area (Å²) in [5.74, 6) is -2.64. The van der Waals surface area contributed by atoms with Gasteiger partial charge < -0.3 is 4.74 Å². The molecule has 1 aromatic rings. The van der Waals surface area contributed by atoms with Crippen LogP contribution in [0.15, 0.2) is 6.07 Å². The van der Waals surface area contributed by atoms with Gasteiger partial charge in [0.2, 0.25) is 5.75 Å². The molecule has 0 unspecified atom stereocenters. The molecule has 0 aliphatic heterocycles. The van der Waals surface area contributed by atoms with Crippen molar-refractivity contribution in [1.29, 1.82) is 0 Å². The van der Waals surface area contributed by atoms with Gasteiger partial charge in [-0.2, -0.15) is 0 Å². The number of hydrogen-bond acceptors (Lipinski definition) is 3. The largest absolute Gasteiger partial charge is 0.490 e. The van der Waals surface area contributed by atoms with E-state index in [4.69, 9.17) is 0 Å². The van der Waals surface area contributed by atoms with E-state index < -0.39 is 22.2 Å². The third-order valence-electron chi connectivity index (χ3n) is 1.78. The second kappa shape index (κ2) is 3.57. The predicted molar refractivity (Wildman–Crippen MR) is 44.3 cm³/mol. The minimum atomic E-state index is -1.25. The maximum absolute atomic E-state index is 12.9. The highest BCUT2D eigenvalue weighted by atomic mass is 19.2. The Morgan fingerprint density at radius 2 is 2.07 bits per heavy atom. The summed E-state index contributed by atoms with van der Waals surface area (Å²) in [6.07, 6.45) is 0. The van der Waals surface area contributed by atoms with E-state index in [9.17, 15) is 18.9 Å². The Labute approximate surface area is 78.3 Å². The van der Waals surface area contributed by atoms with Gasteiger partial charge in [0, 0.05) is 5.56 Å². The maximum atomic E-state index is 12.9. The first-order valence-electron chi connectivity index (χ1n) is 3.66. The molecule has 0 aromatic heterocycles. The van der Waals surface area contributed by atoms with Gasteiger partial charge in [0.25, 0.3) is 0 Å². The molecule has 1 aromatic carbocycles. The first-order valence-corrected chi connectivity index (χ1v) is 3.66. The van der Waals surface area contributed by atoms with Crippen molar-refractivity contribution in [2.24, 2.45) is 0 Å². The molecule has 0 saturated heterocycles. The van der Waals surface area contributed by atoms with Gasteiger partial charge in [-0.15, -0.1) is 0 Å². The number of halogens is 2. The van der Waals surface area contributed by atoms with Crippen LogP contribution in [0.25, 0.3) is 0 Å². The zero-order valence-electron chi connectivity index (χ0n) is 7.51. The zero-order chi connectivity index (χ0) is 10.9. The topological polar surface area (TPSA) is 52.4 Å². The van der Waals surface area contributed by atoms with Crippen molar-refractivity contribution in [2.75, 3.05) is 7.11 Å². The van der Waals surface area contributed by atoms with E-state index in [2.05, 4.69) is 4.74 Å². The number of hydrogen-bond donors (Lipinski definition) is 0. The summed E-state index contributed by atoms with van der Waals surface area (Å²) in [5, 5.41) is 10.4. The SMILES string of the molecule is COc1c([N+](=O)[O-])cc(F)c(F)c1C. The normalized spacial score (nSPS) is 10.0. The monoisotopic (exact) mass is 203 g/mol. The minimum absolute atomic E-state index is 0.209. The van der Waals surface area contributed by atoms with Crippen molar-refractivity contribution < 1.29 is 18.4 Å². The molecule has 0 aliphatic rings. The van der Waals surface area contributed by atoms with E-state index in [-0.39, 0.29) is 11.3 Å². The third-order valence-corrected chi connectivity index (χ3v) is 1.78. The van der Waals surface area contributed by atoms with Gasteiger partial charge in [-0.05, 0) is 6.92 Å². The van der Waals surface area contributed by atoms with Crippen LogP contribution in [-0.2, 0) is 0 Å². The van der Waals surface area contributed by atoms with Crippen molar-refractivity contribution in [2.45, 2.75) is 6.92 Å². The lowest BCUT2D eigenvalue weighted by molar-refractivity contribution is -0.386. The van der Waals surface area contributed by atoms with Gasteiger partial charge in [0.15, 0.2) is 11.6 Å². The Balaban J connectivity index is 3.51. The van der Waals surface area contributed by atoms with Gasteiger partial charge in [-0.3, -0.25) is 10.1 Å². The van der Waals surface area contributed by atoms with Gasteiger partial charge in [-0.1, -0.05) is 0 Å². The molecule has 0 heterocycles. The molecule has 0 saturated carbocycles. The number of benzene rings is 1. The quantitative estimate of drug-likeness (QED) is 0.546. The molecule has 0 radical (unpaired) electrons. The molecule has 0 spiro atoms. The highest BCUT2D eigenvalue weighted by Gasteiger charge is 2.23. The van der Waals surface area contributed by atoms with Gasteiger partial charge in [0.05, 0.1) is 18.1 Å². The maximum Gasteiger partial charge on any atom is 0.314 e. The van der Waals surface area contributed by atoms with E-state index >= 15 is 0 Å². The lowest BCUT2D eigenvalue weighted by Gasteiger charge is -2.06. The number of nitro groups is 1. The van der Waals surface area contributed by atoms with Gasteiger partial charge in [0.1, 0.15) is 0 Å². The predicted octanol–water partition coefficient (Wildman–Crippen LogP) is 2.19. The average Bonchev–Trinajstić information content (AvgIpc) is 2.13. The van der Waals surface area contributed by atoms with E-state index in [0.717, 1.165) is 7.11 Å². The van der Waals surface area contributed by atoms with Crippen LogP contribution in [0.2, 0.25) is 0 Å². The van der Waals surface area contributed by atoms with Crippen molar-refractivity contribution in [3.8, 4) is 5.75 Å². The number of rotatable bonds is 2. The van der Waals surface area contributed by atoms with Gasteiger partial charge >= 0.3 is 5.69 Å². The number of nitrogens with zero attached hydrogens (tertiary/aromatic N) is 1. The summed E-state index contributed by atoms with van der Waals surface area (Å²) in [4.78, 5) is 9.61. The highest BCUT2D eigenvalue weighted by Crippen LogP contribution is 2.33. The summed E-state index contributed by atoms with van der Waals surface area (Å²) < 4.78 is 30.4. The summed E-state index contributed by atoms with van der Waals surface area (Å²) in [6.45, 7) is 1.21. The smallest absolute Gasteiger partial charge is 0.314 e. The first-order chi connectivity index (χ1) is 6.49. The molecule has 0 atom stereocenters. The zero-order valence-corrected chi connectivity index (χ0v) is 7.51. The Morgan fingerprint density at radius 1 is 1.50 bits per heavy atom. The molecule has 14 heavy (non-hydrogen) atoms. The van der Waals surface area contributed by atoms with Crippen LogP contribution in [0.4, 0.5) is 14.5 Å². The first kappa shape index (κ1) is 10.4. The van der Waals surface area contributed by atoms with Crippen LogP contribution in [0.3, 0.4) is 0 Å². The lowest BCUT2D eigenvalue weighted by atomic mass is 10.1. The van der Waals surface area contributed by atoms with E-state index in [0.29, 0.717) is 6.07 Å². The van der Waals surface area contributed by atoms with Crippen LogP contribution in [0, 0.1) is 28.7 Å². The van der Waals surface area contributed by atoms with Crippen molar-refractivity contribution >= 4 is 5.69 Å². The van der Waals surface area contributed by atoms with E-state index in [1.807, 2.05) is 0 Å². The van der Waals surface area contributed by atoms with Crippen LogP contribution in [0.1, 0.15) is 5.56 Å². The average molecular weight is 203 g/mol. The number of nitro benzene ring substituents is 1. The Morgan fingerprint density at radius 3 is 2.50 bits per heavy atom. The highest BCUT2D eigenvalue weighted by molar-refractivity contribution is 5.52. The summed E-state index contributed by atoms with van der Waals surface area (Å²) in [5.41, 5.74) is -0.789. The van der Waals surface area contributed by atoms with Crippen molar-refractivity contribution in [3.63, 3.8) is 0 Å². The second-order valence-corrected chi connectivity index (χ2v) is 2.61. The van der Waals surface area contributed by atoms with Gasteiger partial charge in [-0.25, -0.2) is 8.78 Å². The molecule has 0 fully saturated rings. The fraction of sp³-hybridized carbons (Fsp3) is 0.250. The van der Waals surface area contributed by atoms with Crippen LogP contribution >= 0.6 is 0 Å². The summed E-state index contributed by atoms with van der Waals surface area (Å²) in [7, 11) is 1.16. The molecule has 6 heteroatoms. The molecule has 4 nitrogen and oxygen atoms in total. The Hall–Kier alpha value is -1.72. The fourth-order valence-corrected chi connectivity index (χ4v) is 1.11. The van der Waals surface area contributed by atoms with E-state index in [1.54, 1.807) is 0 Å². The third kappa shape index (κ3) is 1.50. The Bertz CT molecular complexity index is 393. The molecule has 0 N–H and O–H groups in total. The van der Waals surface area contributed by atoms with E-state index in [1.165, 1.54) is 6.92 Å². The summed E-state index contributed by atoms with van der Waals surface area (Å²) in [6, 6.07) is 0.501. The van der Waals surface area contributed by atoms with Crippen LogP contribution in [0.5, 0.6) is 5.75 Å². The number of methoxy groups -OCH3 is 1. The molecule has 0 bridgehead atoms. The lowest BCUT2D eigenvalue weighted by Crippen LogP contribution is -2.00. The molecule has 0 aliphatic carbocycles. The second-order valence-electron chi connectivity index (χ2n) is 2.61. The standard InChI is InChI=1S/C8H7F2NO3/c1-4-7(10)5(9)3-6(11(12)13)8(4)14-2/h3H,1-2H3. The number of ether oxygens (including phenoxy) is 1. The molecule has 76 valence electrons. The van der Waals surface area contributed by atoms with Crippen molar-refractivity contribution in [3.05, 3.63) is 33.4 Å². The molecular formula is C8H7F2NO3. The van der Waals surface area contributed by atoms with Crippen LogP contribution in [-0.4, -0.2) is 12.0 Å².